The minimum absolute atomic E-state index is 0.0151. The molecule has 2 atom stereocenters. The Balaban J connectivity index is 3.41. The molecule has 0 heterocycles. The first kappa shape index (κ1) is 83.3. The predicted octanol–water partition coefficient (Wildman–Crippen LogP) is 25.7. The monoisotopic (exact) mass is 1200 g/mol. The number of unbranched alkanes of at least 4 members (excludes halogenated alkanes) is 59. The van der Waals surface area contributed by atoms with Crippen molar-refractivity contribution in [1.82, 2.24) is 5.32 Å². The molecule has 0 aromatic heterocycles. The first-order valence-electron chi connectivity index (χ1n) is 39.1. The molecule has 1 amide bonds. The van der Waals surface area contributed by atoms with Crippen LogP contribution in [0.2, 0.25) is 0 Å². The fourth-order valence-electron chi connectivity index (χ4n) is 12.6. The highest BCUT2D eigenvalue weighted by Gasteiger charge is 2.20. The van der Waals surface area contributed by atoms with E-state index in [1.54, 1.807) is 0 Å². The number of hydrogen-bond donors (Lipinski definition) is 3. The maximum Gasteiger partial charge on any atom is 0.305 e. The second kappa shape index (κ2) is 74.8. The fraction of sp³-hybridized carbons (Fsp3) is 0.924. The van der Waals surface area contributed by atoms with E-state index in [1.807, 2.05) is 0 Å². The summed E-state index contributed by atoms with van der Waals surface area (Å²) < 4.78 is 5.51. The van der Waals surface area contributed by atoms with E-state index >= 15 is 0 Å². The number of aliphatic hydroxyl groups excluding tert-OH is 2. The lowest BCUT2D eigenvalue weighted by Crippen LogP contribution is -2.45. The molecule has 0 bridgehead atoms. The number of esters is 1. The van der Waals surface area contributed by atoms with Crippen molar-refractivity contribution in [3.8, 4) is 0 Å². The number of hydrogen-bond acceptors (Lipinski definition) is 5. The van der Waals surface area contributed by atoms with Crippen LogP contribution in [0.5, 0.6) is 0 Å². The van der Waals surface area contributed by atoms with Gasteiger partial charge in [-0.25, -0.2) is 0 Å². The van der Waals surface area contributed by atoms with Gasteiger partial charge in [-0.2, -0.15) is 0 Å². The van der Waals surface area contributed by atoms with E-state index in [-0.39, 0.29) is 18.5 Å². The predicted molar refractivity (Wildman–Crippen MR) is 375 cm³/mol. The second-order valence-corrected chi connectivity index (χ2v) is 27.0. The van der Waals surface area contributed by atoms with Crippen LogP contribution < -0.4 is 5.32 Å². The molecule has 0 rings (SSSR count). The standard InChI is InChI=1S/C79H153NO5/c1-3-5-7-9-11-13-15-17-19-21-23-24-25-29-32-36-39-43-47-51-55-59-63-67-71-77(82)76(75-81)80-78(83)72-68-64-60-56-52-48-44-40-37-33-30-27-26-28-31-34-38-42-46-50-54-58-62-66-70-74-85-79(84)73-69-65-61-57-53-49-45-41-35-22-20-18-16-14-12-10-8-6-4-2/h27-28,30-31,76-77,81-82H,3-26,29,32-75H2,1-2H3,(H,80,83)/b30-27-,31-28-. The lowest BCUT2D eigenvalue weighted by molar-refractivity contribution is -0.143. The number of carbonyl (C=O) groups is 2. The molecule has 0 aliphatic heterocycles. The van der Waals surface area contributed by atoms with Crippen LogP contribution in [-0.4, -0.2) is 47.4 Å². The van der Waals surface area contributed by atoms with Crippen LogP contribution in [0, 0.1) is 0 Å². The zero-order valence-electron chi connectivity index (χ0n) is 57.9. The third-order valence-corrected chi connectivity index (χ3v) is 18.5. The summed E-state index contributed by atoms with van der Waals surface area (Å²) in [4.78, 5) is 24.7. The van der Waals surface area contributed by atoms with Crippen molar-refractivity contribution in [3.05, 3.63) is 24.3 Å². The Labute approximate surface area is 532 Å². The van der Waals surface area contributed by atoms with E-state index in [0.29, 0.717) is 25.9 Å². The highest BCUT2D eigenvalue weighted by Crippen LogP contribution is 2.20. The van der Waals surface area contributed by atoms with E-state index in [1.165, 1.54) is 366 Å². The molecule has 0 saturated carbocycles. The van der Waals surface area contributed by atoms with Gasteiger partial charge in [0, 0.05) is 12.8 Å². The lowest BCUT2D eigenvalue weighted by Gasteiger charge is -2.22. The van der Waals surface area contributed by atoms with Crippen LogP contribution >= 0.6 is 0 Å². The van der Waals surface area contributed by atoms with Crippen LogP contribution in [0.3, 0.4) is 0 Å². The summed E-state index contributed by atoms with van der Waals surface area (Å²) in [6.07, 6.45) is 95.4. The average Bonchev–Trinajstić information content (AvgIpc) is 3.51. The smallest absolute Gasteiger partial charge is 0.305 e. The molecule has 0 fully saturated rings. The van der Waals surface area contributed by atoms with Crippen LogP contribution in [0.1, 0.15) is 444 Å². The molecule has 0 radical (unpaired) electrons. The molecule has 0 aliphatic carbocycles. The van der Waals surface area contributed by atoms with Gasteiger partial charge in [0.15, 0.2) is 0 Å². The molecule has 3 N–H and O–H groups in total. The van der Waals surface area contributed by atoms with Crippen molar-refractivity contribution in [2.75, 3.05) is 13.2 Å². The quantitative estimate of drug-likeness (QED) is 0.0320. The third-order valence-electron chi connectivity index (χ3n) is 18.5. The zero-order valence-corrected chi connectivity index (χ0v) is 57.9. The highest BCUT2D eigenvalue weighted by molar-refractivity contribution is 5.76. The van der Waals surface area contributed by atoms with Crippen molar-refractivity contribution < 1.29 is 24.5 Å². The molecule has 0 aromatic carbocycles. The Morgan fingerprint density at radius 1 is 0.329 bits per heavy atom. The molecule has 2 unspecified atom stereocenters. The van der Waals surface area contributed by atoms with Crippen molar-refractivity contribution in [1.29, 1.82) is 0 Å². The van der Waals surface area contributed by atoms with E-state index in [0.717, 1.165) is 44.9 Å². The first-order valence-corrected chi connectivity index (χ1v) is 39.1. The number of amides is 1. The number of rotatable bonds is 74. The van der Waals surface area contributed by atoms with Crippen molar-refractivity contribution in [2.45, 2.75) is 456 Å². The van der Waals surface area contributed by atoms with Crippen molar-refractivity contribution in [2.24, 2.45) is 0 Å². The molecular formula is C79H153NO5. The zero-order chi connectivity index (χ0) is 61.3. The van der Waals surface area contributed by atoms with Gasteiger partial charge in [0.05, 0.1) is 25.4 Å². The number of aliphatic hydroxyl groups is 2. The summed E-state index contributed by atoms with van der Waals surface area (Å²) in [5, 5.41) is 23.5. The highest BCUT2D eigenvalue weighted by atomic mass is 16.5. The van der Waals surface area contributed by atoms with Gasteiger partial charge >= 0.3 is 5.97 Å². The minimum atomic E-state index is -0.670. The molecule has 6 nitrogen and oxygen atoms in total. The second-order valence-electron chi connectivity index (χ2n) is 27.0. The van der Waals surface area contributed by atoms with Crippen LogP contribution in [-0.2, 0) is 14.3 Å². The summed E-state index contributed by atoms with van der Waals surface area (Å²) in [5.41, 5.74) is 0. The Bertz CT molecular complexity index is 1330. The van der Waals surface area contributed by atoms with E-state index < -0.39 is 12.1 Å². The summed E-state index contributed by atoms with van der Waals surface area (Å²) in [6.45, 7) is 5.00. The van der Waals surface area contributed by atoms with Gasteiger partial charge in [-0.3, -0.25) is 9.59 Å². The Hall–Kier alpha value is -1.66. The van der Waals surface area contributed by atoms with Crippen molar-refractivity contribution in [3.63, 3.8) is 0 Å². The van der Waals surface area contributed by atoms with E-state index in [9.17, 15) is 19.8 Å². The Morgan fingerprint density at radius 3 is 0.894 bits per heavy atom. The summed E-state index contributed by atoms with van der Waals surface area (Å²) in [6, 6.07) is -0.548. The van der Waals surface area contributed by atoms with Gasteiger partial charge in [-0.1, -0.05) is 398 Å². The number of carbonyl (C=O) groups excluding carboxylic acids is 2. The van der Waals surface area contributed by atoms with Gasteiger partial charge in [0.1, 0.15) is 0 Å². The van der Waals surface area contributed by atoms with Gasteiger partial charge in [0.2, 0.25) is 5.91 Å². The third kappa shape index (κ3) is 71.3. The van der Waals surface area contributed by atoms with Crippen LogP contribution in [0.15, 0.2) is 24.3 Å². The topological polar surface area (TPSA) is 95.9 Å². The SMILES string of the molecule is CCCCCCCCCCCCCCCCCCCCCCCCCCC(O)C(CO)NC(=O)CCCCCCCCCCC/C=C\C/C=C\CCCCCCCCCCCOC(=O)CCCCCCCCCCCCCCCCCCCCC. The first-order chi connectivity index (χ1) is 42.0. The molecule has 85 heavy (non-hydrogen) atoms. The van der Waals surface area contributed by atoms with Crippen LogP contribution in [0.25, 0.3) is 0 Å². The fourth-order valence-corrected chi connectivity index (χ4v) is 12.6. The molecule has 6 heteroatoms. The van der Waals surface area contributed by atoms with Crippen LogP contribution in [0.4, 0.5) is 0 Å². The normalized spacial score (nSPS) is 12.6. The van der Waals surface area contributed by atoms with Gasteiger partial charge < -0.3 is 20.3 Å². The molecule has 0 aromatic rings. The van der Waals surface area contributed by atoms with Gasteiger partial charge in [-0.05, 0) is 57.8 Å². The molecule has 0 saturated heterocycles. The molecule has 0 spiro atoms. The Morgan fingerprint density at radius 2 is 0.588 bits per heavy atom. The van der Waals surface area contributed by atoms with E-state index in [2.05, 4.69) is 43.5 Å². The maximum atomic E-state index is 12.6. The maximum absolute atomic E-state index is 12.6. The summed E-state index contributed by atoms with van der Waals surface area (Å²) in [7, 11) is 0. The molecule has 0 aliphatic rings. The van der Waals surface area contributed by atoms with Gasteiger partial charge in [-0.15, -0.1) is 0 Å². The summed E-state index contributed by atoms with van der Waals surface area (Å²) in [5.74, 6) is -0.0207. The van der Waals surface area contributed by atoms with E-state index in [4.69, 9.17) is 4.74 Å². The molecule has 504 valence electrons. The minimum Gasteiger partial charge on any atom is -0.466 e. The van der Waals surface area contributed by atoms with Gasteiger partial charge in [0.25, 0.3) is 0 Å². The Kier molecular flexibility index (Phi) is 73.3. The van der Waals surface area contributed by atoms with Crippen molar-refractivity contribution >= 4 is 11.9 Å². The number of allylic oxidation sites excluding steroid dienone is 4. The average molecular weight is 1200 g/mol. The summed E-state index contributed by atoms with van der Waals surface area (Å²) >= 11 is 0. The largest absolute Gasteiger partial charge is 0.466 e. The molecular weight excluding hydrogens is 1040 g/mol. The number of ether oxygens (including phenoxy) is 1. The lowest BCUT2D eigenvalue weighted by atomic mass is 10.0. The number of nitrogens with one attached hydrogen (secondary N) is 1.